The standard InChI is InChI=1S/C16H19BrN2O2.ClH/c1-10-12-7-11(17)3-4-13(12)21-14(10)15(20)19-6-5-16(2,8-18)9-19;/h3-4,7H,5-6,8-9,18H2,1-2H3;1H. The highest BCUT2D eigenvalue weighted by Crippen LogP contribution is 2.33. The second-order valence-electron chi connectivity index (χ2n) is 6.19. The van der Waals surface area contributed by atoms with Gasteiger partial charge in [0.2, 0.25) is 0 Å². The molecule has 2 aromatic rings. The van der Waals surface area contributed by atoms with Crippen LogP contribution < -0.4 is 5.73 Å². The van der Waals surface area contributed by atoms with E-state index in [1.807, 2.05) is 30.0 Å². The summed E-state index contributed by atoms with van der Waals surface area (Å²) in [4.78, 5) is 14.6. The summed E-state index contributed by atoms with van der Waals surface area (Å²) in [6.07, 6.45) is 0.945. The fraction of sp³-hybridized carbons (Fsp3) is 0.438. The van der Waals surface area contributed by atoms with Crippen LogP contribution in [0.3, 0.4) is 0 Å². The largest absolute Gasteiger partial charge is 0.451 e. The maximum Gasteiger partial charge on any atom is 0.289 e. The van der Waals surface area contributed by atoms with Gasteiger partial charge < -0.3 is 15.1 Å². The number of halogens is 2. The number of aryl methyl sites for hydroxylation is 1. The second kappa shape index (κ2) is 6.22. The number of amides is 1. The van der Waals surface area contributed by atoms with E-state index >= 15 is 0 Å². The van der Waals surface area contributed by atoms with Gasteiger partial charge in [-0.05, 0) is 43.5 Å². The molecule has 1 fully saturated rings. The van der Waals surface area contributed by atoms with Crippen LogP contribution >= 0.6 is 28.3 Å². The van der Waals surface area contributed by atoms with E-state index in [0.29, 0.717) is 18.8 Å². The number of fused-ring (bicyclic) bond motifs is 1. The zero-order chi connectivity index (χ0) is 15.2. The summed E-state index contributed by atoms with van der Waals surface area (Å²) < 4.78 is 6.77. The fourth-order valence-electron chi connectivity index (χ4n) is 2.90. The Labute approximate surface area is 144 Å². The van der Waals surface area contributed by atoms with Crippen molar-refractivity contribution in [1.82, 2.24) is 4.90 Å². The Morgan fingerprint density at radius 1 is 1.50 bits per heavy atom. The minimum absolute atomic E-state index is 0. The second-order valence-corrected chi connectivity index (χ2v) is 7.10. The molecule has 1 aliphatic rings. The molecule has 0 bridgehead atoms. The van der Waals surface area contributed by atoms with E-state index in [9.17, 15) is 4.79 Å². The van der Waals surface area contributed by atoms with Gasteiger partial charge in [0.15, 0.2) is 5.76 Å². The van der Waals surface area contributed by atoms with E-state index < -0.39 is 0 Å². The van der Waals surface area contributed by atoms with Gasteiger partial charge in [-0.15, -0.1) is 12.4 Å². The maximum absolute atomic E-state index is 12.7. The number of hydrogen-bond acceptors (Lipinski definition) is 3. The lowest BCUT2D eigenvalue weighted by atomic mass is 9.90. The first-order valence-electron chi connectivity index (χ1n) is 7.11. The third-order valence-corrected chi connectivity index (χ3v) is 4.92. The van der Waals surface area contributed by atoms with Gasteiger partial charge in [0.05, 0.1) is 0 Å². The van der Waals surface area contributed by atoms with E-state index in [1.54, 1.807) is 0 Å². The van der Waals surface area contributed by atoms with Crippen molar-refractivity contribution in [3.63, 3.8) is 0 Å². The molecule has 1 aromatic heterocycles. The van der Waals surface area contributed by atoms with Crippen LogP contribution in [0, 0.1) is 12.3 Å². The minimum atomic E-state index is -0.0306. The van der Waals surface area contributed by atoms with Crippen molar-refractivity contribution >= 4 is 45.2 Å². The van der Waals surface area contributed by atoms with Crippen molar-refractivity contribution in [2.24, 2.45) is 11.1 Å². The Hall–Kier alpha value is -1.04. The molecule has 0 spiro atoms. The molecule has 2 N–H and O–H groups in total. The lowest BCUT2D eigenvalue weighted by molar-refractivity contribution is 0.0746. The summed E-state index contributed by atoms with van der Waals surface area (Å²) in [5.41, 5.74) is 7.49. The first-order valence-corrected chi connectivity index (χ1v) is 7.91. The molecule has 0 aliphatic carbocycles. The van der Waals surface area contributed by atoms with Crippen LogP contribution in [-0.2, 0) is 0 Å². The third kappa shape index (κ3) is 2.90. The van der Waals surface area contributed by atoms with Gasteiger partial charge in [-0.25, -0.2) is 0 Å². The topological polar surface area (TPSA) is 59.5 Å². The number of nitrogens with zero attached hydrogens (tertiary/aromatic N) is 1. The molecule has 1 saturated heterocycles. The summed E-state index contributed by atoms with van der Waals surface area (Å²) in [5, 5.41) is 0.980. The summed E-state index contributed by atoms with van der Waals surface area (Å²) in [7, 11) is 0. The molecule has 1 aliphatic heterocycles. The molecule has 3 rings (SSSR count). The van der Waals surface area contributed by atoms with Gasteiger partial charge in [-0.1, -0.05) is 22.9 Å². The first kappa shape index (κ1) is 17.3. The molecule has 1 atom stereocenters. The van der Waals surface area contributed by atoms with E-state index in [2.05, 4.69) is 22.9 Å². The predicted molar refractivity (Wildman–Crippen MR) is 93.6 cm³/mol. The van der Waals surface area contributed by atoms with E-state index in [4.69, 9.17) is 10.2 Å². The maximum atomic E-state index is 12.7. The van der Waals surface area contributed by atoms with Gasteiger partial charge in [-0.2, -0.15) is 0 Å². The van der Waals surface area contributed by atoms with E-state index in [1.165, 1.54) is 0 Å². The van der Waals surface area contributed by atoms with Crippen molar-refractivity contribution in [3.05, 3.63) is 34.0 Å². The first-order chi connectivity index (χ1) is 9.93. The number of likely N-dealkylation sites (tertiary alicyclic amines) is 1. The molecular formula is C16H20BrClN2O2. The lowest BCUT2D eigenvalue weighted by Crippen LogP contribution is -2.34. The van der Waals surface area contributed by atoms with Gasteiger partial charge in [0.1, 0.15) is 5.58 Å². The van der Waals surface area contributed by atoms with Gasteiger partial charge in [0, 0.05) is 28.5 Å². The molecule has 120 valence electrons. The highest BCUT2D eigenvalue weighted by molar-refractivity contribution is 9.10. The number of hydrogen-bond donors (Lipinski definition) is 1. The van der Waals surface area contributed by atoms with Crippen molar-refractivity contribution in [2.75, 3.05) is 19.6 Å². The van der Waals surface area contributed by atoms with Crippen LogP contribution in [0.5, 0.6) is 0 Å². The number of furan rings is 1. The number of carbonyl (C=O) groups excluding carboxylic acids is 1. The average Bonchev–Trinajstić information content (AvgIpc) is 3.01. The molecule has 0 radical (unpaired) electrons. The number of nitrogens with two attached hydrogens (primary N) is 1. The number of rotatable bonds is 2. The van der Waals surface area contributed by atoms with Crippen molar-refractivity contribution < 1.29 is 9.21 Å². The van der Waals surface area contributed by atoms with Crippen LogP contribution in [0.2, 0.25) is 0 Å². The van der Waals surface area contributed by atoms with Crippen LogP contribution in [0.15, 0.2) is 27.1 Å². The Morgan fingerprint density at radius 2 is 2.23 bits per heavy atom. The smallest absolute Gasteiger partial charge is 0.289 e. The summed E-state index contributed by atoms with van der Waals surface area (Å²) in [5.74, 6) is 0.418. The molecule has 0 saturated carbocycles. The third-order valence-electron chi connectivity index (χ3n) is 4.43. The molecular weight excluding hydrogens is 368 g/mol. The van der Waals surface area contributed by atoms with Crippen LogP contribution in [0.25, 0.3) is 11.0 Å². The Kier molecular flexibility index (Phi) is 4.90. The monoisotopic (exact) mass is 386 g/mol. The Bertz CT molecular complexity index is 715. The summed E-state index contributed by atoms with van der Waals surface area (Å²) in [6, 6.07) is 5.79. The quantitative estimate of drug-likeness (QED) is 0.854. The molecule has 4 nitrogen and oxygen atoms in total. The normalized spacial score (nSPS) is 21.2. The van der Waals surface area contributed by atoms with Gasteiger partial charge in [-0.3, -0.25) is 4.79 Å². The van der Waals surface area contributed by atoms with Gasteiger partial charge >= 0.3 is 0 Å². The Morgan fingerprint density at radius 3 is 2.86 bits per heavy atom. The minimum Gasteiger partial charge on any atom is -0.451 e. The van der Waals surface area contributed by atoms with Crippen LogP contribution in [0.4, 0.5) is 0 Å². The van der Waals surface area contributed by atoms with Crippen LogP contribution in [0.1, 0.15) is 29.5 Å². The predicted octanol–water partition coefficient (Wildman–Crippen LogP) is 3.74. The van der Waals surface area contributed by atoms with Crippen molar-refractivity contribution in [2.45, 2.75) is 20.3 Å². The van der Waals surface area contributed by atoms with E-state index in [0.717, 1.165) is 34.0 Å². The van der Waals surface area contributed by atoms with Crippen molar-refractivity contribution in [3.8, 4) is 0 Å². The number of benzene rings is 1. The molecule has 1 aromatic carbocycles. The van der Waals surface area contributed by atoms with E-state index in [-0.39, 0.29) is 23.7 Å². The molecule has 1 amide bonds. The SMILES string of the molecule is Cc1c(C(=O)N2CCC(C)(CN)C2)oc2ccc(Br)cc12.Cl. The molecule has 6 heteroatoms. The highest BCUT2D eigenvalue weighted by atomic mass is 79.9. The van der Waals surface area contributed by atoms with Crippen molar-refractivity contribution in [1.29, 1.82) is 0 Å². The fourth-order valence-corrected chi connectivity index (χ4v) is 3.27. The molecule has 22 heavy (non-hydrogen) atoms. The zero-order valence-corrected chi connectivity index (χ0v) is 15.1. The van der Waals surface area contributed by atoms with Gasteiger partial charge in [0.25, 0.3) is 5.91 Å². The molecule has 1 unspecified atom stereocenters. The summed E-state index contributed by atoms with van der Waals surface area (Å²) >= 11 is 3.45. The van der Waals surface area contributed by atoms with Crippen LogP contribution in [-0.4, -0.2) is 30.4 Å². The average molecular weight is 388 g/mol. The lowest BCUT2D eigenvalue weighted by Gasteiger charge is -2.22. The number of carbonyl (C=O) groups is 1. The zero-order valence-electron chi connectivity index (χ0n) is 12.7. The highest BCUT2D eigenvalue weighted by Gasteiger charge is 2.36. The summed E-state index contributed by atoms with van der Waals surface area (Å²) in [6.45, 7) is 6.10. The molecule has 2 heterocycles. The Balaban J connectivity index is 0.00000176.